The molecule has 0 amide bonds. The van der Waals surface area contributed by atoms with Crippen molar-refractivity contribution in [3.05, 3.63) is 47.8 Å². The van der Waals surface area contributed by atoms with Crippen molar-refractivity contribution >= 4 is 15.9 Å². The van der Waals surface area contributed by atoms with Crippen LogP contribution in [0.25, 0.3) is 0 Å². The minimum atomic E-state index is -3.57. The second-order valence-corrected chi connectivity index (χ2v) is 5.36. The molecule has 0 atom stereocenters. The zero-order chi connectivity index (χ0) is 12.0. The molecule has 1 aliphatic rings. The molecule has 0 unspecified atom stereocenters. The van der Waals surface area contributed by atoms with Gasteiger partial charge in [-0.05, 0) is 25.1 Å². The van der Waals surface area contributed by atoms with E-state index in [0.717, 1.165) is 5.69 Å². The minimum absolute atomic E-state index is 0.239. The summed E-state index contributed by atoms with van der Waals surface area (Å²) in [6, 6.07) is 8.55. The number of rotatable bonds is 0. The summed E-state index contributed by atoms with van der Waals surface area (Å²) < 4.78 is 28.9. The lowest BCUT2D eigenvalue weighted by Crippen LogP contribution is -2.12. The summed E-state index contributed by atoms with van der Waals surface area (Å²) >= 11 is 0. The largest absolute Gasteiger partial charge is 0.285 e. The Morgan fingerprint density at radius 1 is 1.18 bits per heavy atom. The van der Waals surface area contributed by atoms with E-state index in [0.29, 0.717) is 11.4 Å². The maximum Gasteiger partial charge on any atom is 0.285 e. The third-order valence-electron chi connectivity index (χ3n) is 2.55. The molecule has 0 N–H and O–H groups in total. The van der Waals surface area contributed by atoms with E-state index < -0.39 is 10.0 Å². The molecule has 0 saturated heterocycles. The third kappa shape index (κ3) is 1.49. The molecule has 0 fully saturated rings. The summed E-state index contributed by atoms with van der Waals surface area (Å²) in [7, 11) is -3.57. The van der Waals surface area contributed by atoms with Crippen LogP contribution < -0.4 is 0 Å². The number of hydrogen-bond donors (Lipinski definition) is 0. The van der Waals surface area contributed by atoms with Crippen LogP contribution in [0, 0.1) is 6.92 Å². The predicted octanol–water partition coefficient (Wildman–Crippen LogP) is 1.19. The topological polar surface area (TPSA) is 64.3 Å². The SMILES string of the molecule is Cc1ccn(C2=NS(=O)(=O)c3ccccc32)n1. The molecule has 1 aromatic carbocycles. The summed E-state index contributed by atoms with van der Waals surface area (Å²) in [5.74, 6) is 0.355. The van der Waals surface area contributed by atoms with Gasteiger partial charge < -0.3 is 0 Å². The van der Waals surface area contributed by atoms with Gasteiger partial charge in [-0.3, -0.25) is 0 Å². The van der Waals surface area contributed by atoms with Gasteiger partial charge in [0.2, 0.25) is 0 Å². The summed E-state index contributed by atoms with van der Waals surface area (Å²) in [5.41, 5.74) is 1.41. The van der Waals surface area contributed by atoms with Gasteiger partial charge in [0.15, 0.2) is 5.84 Å². The monoisotopic (exact) mass is 247 g/mol. The highest BCUT2D eigenvalue weighted by atomic mass is 32.2. The van der Waals surface area contributed by atoms with Crippen molar-refractivity contribution in [2.75, 3.05) is 0 Å². The van der Waals surface area contributed by atoms with Crippen LogP contribution in [0.3, 0.4) is 0 Å². The highest BCUT2D eigenvalue weighted by Crippen LogP contribution is 2.26. The highest BCUT2D eigenvalue weighted by Gasteiger charge is 2.29. The van der Waals surface area contributed by atoms with E-state index >= 15 is 0 Å². The summed E-state index contributed by atoms with van der Waals surface area (Å²) in [6.07, 6.45) is 1.70. The first-order valence-corrected chi connectivity index (χ1v) is 6.49. The zero-order valence-corrected chi connectivity index (χ0v) is 9.85. The molecule has 3 rings (SSSR count). The standard InChI is InChI=1S/C11H9N3O2S/c1-8-6-7-14(12-8)11-9-4-2-3-5-10(9)17(15,16)13-11/h2-7H,1H3. The molecule has 5 nitrogen and oxygen atoms in total. The molecular weight excluding hydrogens is 238 g/mol. The van der Waals surface area contributed by atoms with E-state index in [1.807, 2.05) is 6.92 Å². The van der Waals surface area contributed by atoms with E-state index in [-0.39, 0.29) is 4.90 Å². The Kier molecular flexibility index (Phi) is 1.97. The van der Waals surface area contributed by atoms with E-state index in [9.17, 15) is 8.42 Å². The summed E-state index contributed by atoms with van der Waals surface area (Å²) in [4.78, 5) is 0.239. The first-order chi connectivity index (χ1) is 8.08. The first kappa shape index (κ1) is 10.2. The number of fused-ring (bicyclic) bond motifs is 1. The second-order valence-electron chi connectivity index (χ2n) is 3.79. The molecule has 2 aromatic rings. The molecule has 86 valence electrons. The number of aromatic nitrogens is 2. The van der Waals surface area contributed by atoms with Crippen LogP contribution in [0.1, 0.15) is 11.3 Å². The minimum Gasteiger partial charge on any atom is -0.221 e. The van der Waals surface area contributed by atoms with Crippen LogP contribution in [-0.2, 0) is 10.0 Å². The van der Waals surface area contributed by atoms with Crippen LogP contribution in [0.2, 0.25) is 0 Å². The molecule has 17 heavy (non-hydrogen) atoms. The van der Waals surface area contributed by atoms with Gasteiger partial charge in [-0.2, -0.15) is 13.5 Å². The molecule has 0 bridgehead atoms. The Balaban J connectivity index is 2.27. The van der Waals surface area contributed by atoms with Crippen molar-refractivity contribution in [2.24, 2.45) is 4.40 Å². The lowest BCUT2D eigenvalue weighted by atomic mass is 10.2. The van der Waals surface area contributed by atoms with Gasteiger partial charge in [-0.1, -0.05) is 12.1 Å². The molecule has 1 aromatic heterocycles. The average Bonchev–Trinajstić information content (AvgIpc) is 2.82. The quantitative estimate of drug-likeness (QED) is 0.702. The van der Waals surface area contributed by atoms with Crippen LogP contribution in [0.15, 0.2) is 45.8 Å². The number of sulfonamides is 1. The summed E-state index contributed by atoms with van der Waals surface area (Å²) in [6.45, 7) is 1.84. The molecule has 0 radical (unpaired) electrons. The Morgan fingerprint density at radius 3 is 2.65 bits per heavy atom. The molecule has 1 aliphatic heterocycles. The number of aryl methyl sites for hydroxylation is 1. The first-order valence-electron chi connectivity index (χ1n) is 5.05. The maximum absolute atomic E-state index is 11.8. The van der Waals surface area contributed by atoms with Gasteiger partial charge in [0, 0.05) is 11.8 Å². The molecule has 6 heteroatoms. The van der Waals surface area contributed by atoms with Gasteiger partial charge in [0.25, 0.3) is 10.0 Å². The third-order valence-corrected chi connectivity index (χ3v) is 3.88. The van der Waals surface area contributed by atoms with E-state index in [1.165, 1.54) is 4.68 Å². The smallest absolute Gasteiger partial charge is 0.221 e. The normalized spacial score (nSPS) is 16.6. The van der Waals surface area contributed by atoms with Crippen LogP contribution in [-0.4, -0.2) is 24.0 Å². The van der Waals surface area contributed by atoms with Crippen molar-refractivity contribution in [1.82, 2.24) is 9.78 Å². The van der Waals surface area contributed by atoms with E-state index in [1.54, 1.807) is 36.5 Å². The van der Waals surface area contributed by atoms with Gasteiger partial charge in [0.05, 0.1) is 5.69 Å². The zero-order valence-electron chi connectivity index (χ0n) is 9.03. The maximum atomic E-state index is 11.8. The van der Waals surface area contributed by atoms with Crippen LogP contribution >= 0.6 is 0 Å². The van der Waals surface area contributed by atoms with Gasteiger partial charge in [0.1, 0.15) is 4.90 Å². The van der Waals surface area contributed by atoms with Crippen molar-refractivity contribution in [3.8, 4) is 0 Å². The molecule has 0 spiro atoms. The number of nitrogens with zero attached hydrogens (tertiary/aromatic N) is 3. The lowest BCUT2D eigenvalue weighted by molar-refractivity contribution is 0.599. The Hall–Kier alpha value is -1.95. The fraction of sp³-hybridized carbons (Fsp3) is 0.0909. The van der Waals surface area contributed by atoms with Crippen molar-refractivity contribution in [1.29, 1.82) is 0 Å². The Morgan fingerprint density at radius 2 is 1.94 bits per heavy atom. The Bertz CT molecular complexity index is 729. The van der Waals surface area contributed by atoms with Gasteiger partial charge in [-0.15, -0.1) is 4.40 Å². The molecule has 0 aliphatic carbocycles. The van der Waals surface area contributed by atoms with Crippen LogP contribution in [0.4, 0.5) is 0 Å². The molecule has 0 saturated carbocycles. The highest BCUT2D eigenvalue weighted by molar-refractivity contribution is 7.90. The fourth-order valence-electron chi connectivity index (χ4n) is 1.79. The second kappa shape index (κ2) is 3.27. The number of hydrogen-bond acceptors (Lipinski definition) is 3. The molecule has 2 heterocycles. The van der Waals surface area contributed by atoms with E-state index in [2.05, 4.69) is 9.50 Å². The summed E-state index contributed by atoms with van der Waals surface area (Å²) in [5, 5.41) is 4.18. The van der Waals surface area contributed by atoms with E-state index in [4.69, 9.17) is 0 Å². The van der Waals surface area contributed by atoms with Crippen molar-refractivity contribution < 1.29 is 8.42 Å². The Labute approximate surface area is 98.5 Å². The van der Waals surface area contributed by atoms with Crippen molar-refractivity contribution in [2.45, 2.75) is 11.8 Å². The van der Waals surface area contributed by atoms with Gasteiger partial charge >= 0.3 is 0 Å². The van der Waals surface area contributed by atoms with Crippen LogP contribution in [0.5, 0.6) is 0 Å². The molecular formula is C11H9N3O2S. The lowest BCUT2D eigenvalue weighted by Gasteiger charge is -2.00. The van der Waals surface area contributed by atoms with Gasteiger partial charge in [-0.25, -0.2) is 4.68 Å². The number of benzene rings is 1. The van der Waals surface area contributed by atoms with Crippen molar-refractivity contribution in [3.63, 3.8) is 0 Å². The predicted molar refractivity (Wildman–Crippen MR) is 62.5 cm³/mol. The average molecular weight is 247 g/mol. The fourth-order valence-corrected chi connectivity index (χ4v) is 2.98.